The van der Waals surface area contributed by atoms with Gasteiger partial charge in [-0.05, 0) is 26.2 Å². The summed E-state index contributed by atoms with van der Waals surface area (Å²) in [5.74, 6) is 0. The van der Waals surface area contributed by atoms with Crippen molar-refractivity contribution < 1.29 is 5.11 Å². The second kappa shape index (κ2) is 4.63. The number of rotatable bonds is 4. The van der Waals surface area contributed by atoms with E-state index in [0.29, 0.717) is 0 Å². The Balaban J connectivity index is 2.64. The van der Waals surface area contributed by atoms with Crippen molar-refractivity contribution in [2.24, 2.45) is 7.05 Å². The quantitative estimate of drug-likeness (QED) is 0.755. The zero-order chi connectivity index (χ0) is 9.84. The Hall–Kier alpha value is -0.540. The first-order valence-corrected chi connectivity index (χ1v) is 4.83. The van der Waals surface area contributed by atoms with E-state index in [0.717, 1.165) is 35.7 Å². The van der Waals surface area contributed by atoms with Crippen LogP contribution in [-0.2, 0) is 13.5 Å². The number of nitrogens with zero attached hydrogens (tertiary/aromatic N) is 2. The van der Waals surface area contributed by atoms with E-state index in [9.17, 15) is 0 Å². The Labute approximate surface area is 83.3 Å². The van der Waals surface area contributed by atoms with Gasteiger partial charge in [0.1, 0.15) is 0 Å². The molecule has 0 aliphatic rings. The van der Waals surface area contributed by atoms with Gasteiger partial charge >= 0.3 is 0 Å². The van der Waals surface area contributed by atoms with Crippen molar-refractivity contribution in [2.75, 3.05) is 6.61 Å². The van der Waals surface area contributed by atoms with Gasteiger partial charge in [0.25, 0.3) is 0 Å². The summed E-state index contributed by atoms with van der Waals surface area (Å²) in [6, 6.07) is 0. The van der Waals surface area contributed by atoms with Crippen LogP contribution in [0.4, 0.5) is 0 Å². The summed E-state index contributed by atoms with van der Waals surface area (Å²) in [5.41, 5.74) is 1.94. The highest BCUT2D eigenvalue weighted by Crippen LogP contribution is 2.20. The second-order valence-corrected chi connectivity index (χ2v) is 3.53. The highest BCUT2D eigenvalue weighted by atomic mass is 35.5. The maximum absolute atomic E-state index is 8.63. The lowest BCUT2D eigenvalue weighted by Crippen LogP contribution is -1.99. The van der Waals surface area contributed by atoms with Crippen LogP contribution in [-0.4, -0.2) is 21.5 Å². The van der Waals surface area contributed by atoms with Crippen molar-refractivity contribution in [1.29, 1.82) is 0 Å². The third-order valence-electron chi connectivity index (χ3n) is 2.08. The third-order valence-corrected chi connectivity index (χ3v) is 2.57. The van der Waals surface area contributed by atoms with Crippen molar-refractivity contribution >= 4 is 11.6 Å². The molecule has 0 aliphatic carbocycles. The van der Waals surface area contributed by atoms with E-state index >= 15 is 0 Å². The van der Waals surface area contributed by atoms with Gasteiger partial charge < -0.3 is 5.11 Å². The number of aryl methyl sites for hydroxylation is 2. The molecule has 0 saturated heterocycles. The van der Waals surface area contributed by atoms with Crippen molar-refractivity contribution in [3.63, 3.8) is 0 Å². The fourth-order valence-electron chi connectivity index (χ4n) is 1.36. The highest BCUT2D eigenvalue weighted by Gasteiger charge is 2.09. The lowest BCUT2D eigenvalue weighted by molar-refractivity contribution is 0.284. The highest BCUT2D eigenvalue weighted by molar-refractivity contribution is 6.31. The lowest BCUT2D eigenvalue weighted by atomic mass is 10.2. The predicted molar refractivity (Wildman–Crippen MR) is 53.0 cm³/mol. The topological polar surface area (TPSA) is 38.0 Å². The smallest absolute Gasteiger partial charge is 0.0846 e. The number of aliphatic hydroxyl groups is 1. The molecule has 1 aromatic rings. The minimum Gasteiger partial charge on any atom is -0.396 e. The molecule has 0 unspecified atom stereocenters. The van der Waals surface area contributed by atoms with Gasteiger partial charge in [-0.25, -0.2) is 0 Å². The van der Waals surface area contributed by atoms with Gasteiger partial charge in [-0.1, -0.05) is 11.6 Å². The van der Waals surface area contributed by atoms with Crippen LogP contribution in [0, 0.1) is 6.92 Å². The van der Waals surface area contributed by atoms with E-state index < -0.39 is 0 Å². The first kappa shape index (κ1) is 10.5. The first-order valence-electron chi connectivity index (χ1n) is 4.45. The van der Waals surface area contributed by atoms with Crippen LogP contribution < -0.4 is 0 Å². The molecule has 1 rings (SSSR count). The lowest BCUT2D eigenvalue weighted by Gasteiger charge is -2.01. The molecule has 13 heavy (non-hydrogen) atoms. The molecular weight excluding hydrogens is 188 g/mol. The van der Waals surface area contributed by atoms with Crippen molar-refractivity contribution in [3.8, 4) is 0 Å². The molecule has 0 saturated carbocycles. The molecule has 0 spiro atoms. The Bertz CT molecular complexity index is 283. The molecule has 0 aliphatic heterocycles. The minimum atomic E-state index is 0.244. The van der Waals surface area contributed by atoms with Crippen LogP contribution in [0.15, 0.2) is 0 Å². The summed E-state index contributed by atoms with van der Waals surface area (Å²) in [5, 5.41) is 13.6. The van der Waals surface area contributed by atoms with Crippen LogP contribution in [0.1, 0.15) is 24.2 Å². The number of unbranched alkanes of at least 4 members (excludes halogenated alkanes) is 1. The van der Waals surface area contributed by atoms with Crippen LogP contribution in [0.2, 0.25) is 5.02 Å². The molecule has 74 valence electrons. The van der Waals surface area contributed by atoms with Gasteiger partial charge in [0.05, 0.1) is 16.4 Å². The van der Waals surface area contributed by atoms with Gasteiger partial charge in [-0.3, -0.25) is 4.68 Å². The van der Waals surface area contributed by atoms with Crippen LogP contribution in [0.3, 0.4) is 0 Å². The first-order chi connectivity index (χ1) is 6.16. The van der Waals surface area contributed by atoms with Gasteiger partial charge in [0.2, 0.25) is 0 Å². The SMILES string of the molecule is Cc1nn(C)c(CCCCO)c1Cl. The second-order valence-electron chi connectivity index (χ2n) is 3.15. The van der Waals surface area contributed by atoms with Crippen LogP contribution in [0.5, 0.6) is 0 Å². The summed E-state index contributed by atoms with van der Waals surface area (Å²) in [4.78, 5) is 0. The van der Waals surface area contributed by atoms with E-state index in [-0.39, 0.29) is 6.61 Å². The van der Waals surface area contributed by atoms with Crippen LogP contribution in [0.25, 0.3) is 0 Å². The molecule has 4 heteroatoms. The molecule has 0 bridgehead atoms. The summed E-state index contributed by atoms with van der Waals surface area (Å²) in [6.45, 7) is 2.15. The van der Waals surface area contributed by atoms with Gasteiger partial charge in [0, 0.05) is 13.7 Å². The third kappa shape index (κ3) is 2.45. The van der Waals surface area contributed by atoms with E-state index in [2.05, 4.69) is 5.10 Å². The molecular formula is C9H15ClN2O. The zero-order valence-corrected chi connectivity index (χ0v) is 8.80. The van der Waals surface area contributed by atoms with Gasteiger partial charge in [0.15, 0.2) is 0 Å². The molecule has 1 N–H and O–H groups in total. The predicted octanol–water partition coefficient (Wildman–Crippen LogP) is 1.70. The van der Waals surface area contributed by atoms with E-state index in [1.807, 2.05) is 18.7 Å². The average molecular weight is 203 g/mol. The molecule has 0 aromatic carbocycles. The fourth-order valence-corrected chi connectivity index (χ4v) is 1.61. The molecule has 1 heterocycles. The van der Waals surface area contributed by atoms with E-state index in [4.69, 9.17) is 16.7 Å². The largest absolute Gasteiger partial charge is 0.396 e. The molecule has 3 nitrogen and oxygen atoms in total. The molecule has 1 aromatic heterocycles. The Morgan fingerprint density at radius 1 is 1.46 bits per heavy atom. The van der Waals surface area contributed by atoms with Crippen molar-refractivity contribution in [2.45, 2.75) is 26.2 Å². The Morgan fingerprint density at radius 2 is 2.15 bits per heavy atom. The monoisotopic (exact) mass is 202 g/mol. The number of hydrogen-bond acceptors (Lipinski definition) is 2. The Morgan fingerprint density at radius 3 is 2.62 bits per heavy atom. The maximum Gasteiger partial charge on any atom is 0.0846 e. The molecule has 0 radical (unpaired) electrons. The summed E-state index contributed by atoms with van der Waals surface area (Å²) in [7, 11) is 1.90. The maximum atomic E-state index is 8.63. The number of halogens is 1. The van der Waals surface area contributed by atoms with Crippen molar-refractivity contribution in [1.82, 2.24) is 9.78 Å². The van der Waals surface area contributed by atoms with E-state index in [1.165, 1.54) is 0 Å². The summed E-state index contributed by atoms with van der Waals surface area (Å²) < 4.78 is 1.81. The average Bonchev–Trinajstić information content (AvgIpc) is 2.32. The minimum absolute atomic E-state index is 0.244. The molecule has 0 fully saturated rings. The van der Waals surface area contributed by atoms with Crippen LogP contribution >= 0.6 is 11.6 Å². The number of hydrogen-bond donors (Lipinski definition) is 1. The number of aliphatic hydroxyl groups excluding tert-OH is 1. The van der Waals surface area contributed by atoms with Crippen molar-refractivity contribution in [3.05, 3.63) is 16.4 Å². The summed E-state index contributed by atoms with van der Waals surface area (Å²) in [6.07, 6.45) is 2.66. The molecule has 0 atom stereocenters. The normalized spacial score (nSPS) is 10.8. The standard InChI is InChI=1S/C9H15ClN2O/c1-7-9(10)8(12(2)11-7)5-3-4-6-13/h13H,3-6H2,1-2H3. The fraction of sp³-hybridized carbons (Fsp3) is 0.667. The van der Waals surface area contributed by atoms with Gasteiger partial charge in [-0.15, -0.1) is 0 Å². The zero-order valence-electron chi connectivity index (χ0n) is 8.05. The van der Waals surface area contributed by atoms with E-state index in [1.54, 1.807) is 0 Å². The number of aromatic nitrogens is 2. The van der Waals surface area contributed by atoms with Gasteiger partial charge in [-0.2, -0.15) is 5.10 Å². The summed E-state index contributed by atoms with van der Waals surface area (Å²) >= 11 is 6.05. The molecule has 0 amide bonds. The Kier molecular flexibility index (Phi) is 3.75.